The zero-order chi connectivity index (χ0) is 20.9. The van der Waals surface area contributed by atoms with Gasteiger partial charge in [0.05, 0.1) is 24.5 Å². The largest absolute Gasteiger partial charge is 0.444 e. The molecule has 0 fully saturated rings. The summed E-state index contributed by atoms with van der Waals surface area (Å²) in [5.41, 5.74) is 1.27. The molecule has 1 aromatic heterocycles. The lowest BCUT2D eigenvalue weighted by Gasteiger charge is -2.30. The molecule has 1 aromatic rings. The van der Waals surface area contributed by atoms with Crippen LogP contribution in [0.4, 0.5) is 9.18 Å². The van der Waals surface area contributed by atoms with E-state index in [0.717, 1.165) is 5.57 Å². The Morgan fingerprint density at radius 1 is 1.39 bits per heavy atom. The topological polar surface area (TPSA) is 74.7 Å². The van der Waals surface area contributed by atoms with Crippen LogP contribution >= 0.6 is 0 Å². The molecule has 0 spiro atoms. The van der Waals surface area contributed by atoms with Crippen LogP contribution < -0.4 is 5.32 Å². The van der Waals surface area contributed by atoms with Crippen LogP contribution in [0, 0.1) is 11.7 Å². The number of nitrogens with zero attached hydrogens (tertiary/aromatic N) is 2. The minimum Gasteiger partial charge on any atom is -0.444 e. The van der Waals surface area contributed by atoms with Gasteiger partial charge in [-0.3, -0.25) is 0 Å². The van der Waals surface area contributed by atoms with Crippen molar-refractivity contribution in [2.45, 2.75) is 59.2 Å². The zero-order valence-electron chi connectivity index (χ0n) is 17.5. The molecule has 0 saturated heterocycles. The average Bonchev–Trinajstić information content (AvgIpc) is 2.62. The lowest BCUT2D eigenvalue weighted by Crippen LogP contribution is -2.39. The summed E-state index contributed by atoms with van der Waals surface area (Å²) in [6.07, 6.45) is 2.37. The molecular weight excluding hydrogens is 361 g/mol. The molecule has 1 amide bonds. The van der Waals surface area contributed by atoms with Crippen molar-refractivity contribution in [2.75, 3.05) is 19.7 Å². The normalized spacial score (nSPS) is 16.1. The van der Waals surface area contributed by atoms with Crippen LogP contribution in [-0.2, 0) is 11.3 Å². The van der Waals surface area contributed by atoms with Crippen molar-refractivity contribution in [3.05, 3.63) is 35.4 Å². The molecule has 0 bridgehead atoms. The van der Waals surface area contributed by atoms with Crippen LogP contribution in [0.15, 0.2) is 18.2 Å². The third-order valence-corrected chi connectivity index (χ3v) is 4.58. The van der Waals surface area contributed by atoms with Crippen molar-refractivity contribution >= 4 is 11.7 Å². The Bertz CT molecular complexity index is 713. The molecule has 7 heteroatoms. The number of hydrogen-bond donors (Lipinski definition) is 2. The fourth-order valence-electron chi connectivity index (χ4n) is 2.94. The van der Waals surface area contributed by atoms with Crippen LogP contribution in [0.3, 0.4) is 0 Å². The molecule has 6 nitrogen and oxygen atoms in total. The highest BCUT2D eigenvalue weighted by Crippen LogP contribution is 2.22. The highest BCUT2D eigenvalue weighted by atomic mass is 19.1. The van der Waals surface area contributed by atoms with Crippen molar-refractivity contribution in [1.82, 2.24) is 15.2 Å². The van der Waals surface area contributed by atoms with Gasteiger partial charge in [0.2, 0.25) is 0 Å². The van der Waals surface area contributed by atoms with Gasteiger partial charge >= 0.3 is 6.09 Å². The molecule has 156 valence electrons. The molecule has 1 aliphatic rings. The molecule has 1 atom stereocenters. The van der Waals surface area contributed by atoms with Crippen LogP contribution in [-0.4, -0.2) is 52.4 Å². The van der Waals surface area contributed by atoms with Crippen LogP contribution in [0.1, 0.15) is 52.4 Å². The molecule has 0 aliphatic carbocycles. The summed E-state index contributed by atoms with van der Waals surface area (Å²) in [7, 11) is 0. The van der Waals surface area contributed by atoms with Gasteiger partial charge in [0.25, 0.3) is 0 Å². The van der Waals surface area contributed by atoms with Gasteiger partial charge in [-0.15, -0.1) is 0 Å². The lowest BCUT2D eigenvalue weighted by atomic mass is 10.0. The van der Waals surface area contributed by atoms with Crippen LogP contribution in [0.5, 0.6) is 0 Å². The first-order valence-electron chi connectivity index (χ1n) is 9.77. The maximum Gasteiger partial charge on any atom is 0.410 e. The average molecular weight is 394 g/mol. The van der Waals surface area contributed by atoms with Gasteiger partial charge in [0, 0.05) is 19.1 Å². The van der Waals surface area contributed by atoms with Gasteiger partial charge in [-0.1, -0.05) is 19.9 Å². The second-order valence-electron chi connectivity index (χ2n) is 8.46. The number of pyridine rings is 1. The minimum atomic E-state index is -0.551. The lowest BCUT2D eigenvalue weighted by molar-refractivity contribution is 0.0273. The van der Waals surface area contributed by atoms with Crippen molar-refractivity contribution in [3.8, 4) is 0 Å². The molecular formula is C21H32FN3O3. The van der Waals surface area contributed by atoms with E-state index in [0.29, 0.717) is 30.9 Å². The summed E-state index contributed by atoms with van der Waals surface area (Å²) in [5.74, 6) is -0.170. The molecule has 0 radical (unpaired) electrons. The first-order chi connectivity index (χ1) is 13.1. The van der Waals surface area contributed by atoms with Crippen molar-refractivity contribution in [1.29, 1.82) is 0 Å². The van der Waals surface area contributed by atoms with E-state index in [1.807, 2.05) is 40.7 Å². The monoisotopic (exact) mass is 393 g/mol. The van der Waals surface area contributed by atoms with Gasteiger partial charge in [0.15, 0.2) is 0 Å². The van der Waals surface area contributed by atoms with Gasteiger partial charge in [-0.25, -0.2) is 14.2 Å². The minimum absolute atomic E-state index is 0.0189. The summed E-state index contributed by atoms with van der Waals surface area (Å²) < 4.78 is 19.7. The van der Waals surface area contributed by atoms with E-state index in [9.17, 15) is 14.3 Å². The summed E-state index contributed by atoms with van der Waals surface area (Å²) in [6.45, 7) is 10.7. The highest BCUT2D eigenvalue weighted by molar-refractivity contribution is 5.74. The number of carbonyl (C=O) groups excluding carboxylic acids is 1. The number of carbonyl (C=O) groups is 1. The third-order valence-electron chi connectivity index (χ3n) is 4.58. The van der Waals surface area contributed by atoms with E-state index < -0.39 is 11.4 Å². The molecule has 0 aromatic carbocycles. The number of ether oxygens (including phenoxy) is 1. The van der Waals surface area contributed by atoms with Crippen molar-refractivity contribution < 1.29 is 19.0 Å². The molecule has 2 heterocycles. The maximum atomic E-state index is 14.2. The zero-order valence-corrected chi connectivity index (χ0v) is 17.5. The Morgan fingerprint density at radius 2 is 2.11 bits per heavy atom. The highest BCUT2D eigenvalue weighted by Gasteiger charge is 2.25. The number of aliphatic hydroxyl groups is 1. The Balaban J connectivity index is 2.10. The molecule has 0 unspecified atom stereocenters. The Hall–Kier alpha value is -1.99. The van der Waals surface area contributed by atoms with Gasteiger partial charge in [-0.05, 0) is 50.8 Å². The smallest absolute Gasteiger partial charge is 0.410 e. The number of aliphatic hydroxyl groups excluding tert-OH is 1. The fraction of sp³-hybridized carbons (Fsp3) is 0.619. The van der Waals surface area contributed by atoms with Gasteiger partial charge < -0.3 is 20.1 Å². The summed E-state index contributed by atoms with van der Waals surface area (Å²) in [6, 6.07) is 2.91. The van der Waals surface area contributed by atoms with Crippen LogP contribution in [0.2, 0.25) is 0 Å². The molecule has 1 aliphatic heterocycles. The fourth-order valence-corrected chi connectivity index (χ4v) is 2.94. The standard InChI is InChI=1S/C21H32FN3O3/c1-14(2)19(13-26)23-11-18-16(22)8-9-17(24-18)15-7-6-10-25(12-15)20(27)28-21(3,4)5/h7-9,14,19,23,26H,6,10-13H2,1-5H3/t19-/m0/s1. The number of amides is 1. The summed E-state index contributed by atoms with van der Waals surface area (Å²) in [5, 5.41) is 12.6. The van der Waals surface area contributed by atoms with Crippen molar-refractivity contribution in [2.24, 2.45) is 5.92 Å². The van der Waals surface area contributed by atoms with Crippen LogP contribution in [0.25, 0.3) is 5.57 Å². The quantitative estimate of drug-likeness (QED) is 0.775. The second-order valence-corrected chi connectivity index (χ2v) is 8.46. The predicted octanol–water partition coefficient (Wildman–Crippen LogP) is 3.35. The molecule has 2 N–H and O–H groups in total. The number of rotatable bonds is 6. The van der Waals surface area contributed by atoms with E-state index in [4.69, 9.17) is 4.74 Å². The second kappa shape index (κ2) is 9.47. The maximum absolute atomic E-state index is 14.2. The van der Waals surface area contributed by atoms with Gasteiger partial charge in [-0.2, -0.15) is 0 Å². The van der Waals surface area contributed by atoms with E-state index in [1.165, 1.54) is 6.07 Å². The Labute approximate surface area is 166 Å². The van der Waals surface area contributed by atoms with E-state index in [1.54, 1.807) is 11.0 Å². The molecule has 0 saturated carbocycles. The SMILES string of the molecule is CC(C)[C@H](CO)NCc1nc(C2=CCCN(C(=O)OC(C)(C)C)C2)ccc1F. The summed E-state index contributed by atoms with van der Waals surface area (Å²) >= 11 is 0. The Kier molecular flexibility index (Phi) is 7.55. The van der Waals surface area contributed by atoms with Gasteiger partial charge in [0.1, 0.15) is 11.4 Å². The third kappa shape index (κ3) is 6.27. The number of aromatic nitrogens is 1. The summed E-state index contributed by atoms with van der Waals surface area (Å²) in [4.78, 5) is 18.5. The van der Waals surface area contributed by atoms with E-state index in [-0.39, 0.29) is 31.2 Å². The number of hydrogen-bond acceptors (Lipinski definition) is 5. The number of halogens is 1. The molecule has 28 heavy (non-hydrogen) atoms. The van der Waals surface area contributed by atoms with E-state index in [2.05, 4.69) is 10.3 Å². The molecule has 2 rings (SSSR count). The first-order valence-corrected chi connectivity index (χ1v) is 9.77. The first kappa shape index (κ1) is 22.3. The number of nitrogens with one attached hydrogen (secondary N) is 1. The Morgan fingerprint density at radius 3 is 2.71 bits per heavy atom. The van der Waals surface area contributed by atoms with Crippen molar-refractivity contribution in [3.63, 3.8) is 0 Å². The predicted molar refractivity (Wildman–Crippen MR) is 107 cm³/mol. The van der Waals surface area contributed by atoms with E-state index >= 15 is 0 Å².